The topological polar surface area (TPSA) is 33.0 Å². The van der Waals surface area contributed by atoms with Crippen molar-refractivity contribution in [2.75, 3.05) is 12.9 Å². The van der Waals surface area contributed by atoms with Gasteiger partial charge in [-0.2, -0.15) is 5.26 Å². The first-order chi connectivity index (χ1) is 12.7. The third kappa shape index (κ3) is 4.09. The van der Waals surface area contributed by atoms with E-state index in [0.29, 0.717) is 5.76 Å². The average molecular weight is 359 g/mol. The van der Waals surface area contributed by atoms with Crippen molar-refractivity contribution in [3.8, 4) is 6.07 Å². The van der Waals surface area contributed by atoms with E-state index in [1.165, 1.54) is 5.56 Å². The van der Waals surface area contributed by atoms with Gasteiger partial charge >= 0.3 is 0 Å². The minimum absolute atomic E-state index is 0.0440. The van der Waals surface area contributed by atoms with Crippen LogP contribution in [-0.4, -0.2) is 12.9 Å². The molecule has 3 heteroatoms. The van der Waals surface area contributed by atoms with Crippen molar-refractivity contribution in [1.82, 2.24) is 0 Å². The summed E-state index contributed by atoms with van der Waals surface area (Å²) >= 11 is 1.69. The first-order valence-electron chi connectivity index (χ1n) is 8.54. The Morgan fingerprint density at radius 3 is 2.54 bits per heavy atom. The lowest BCUT2D eigenvalue weighted by atomic mass is 10.0. The largest absolute Gasteiger partial charge is 0.497 e. The zero-order valence-electron chi connectivity index (χ0n) is 14.8. The first kappa shape index (κ1) is 18.1. The molecule has 0 N–H and O–H groups in total. The summed E-state index contributed by atoms with van der Waals surface area (Å²) in [5, 5.41) is 11.8. The maximum atomic E-state index is 9.56. The molecular formula is C23H21NOS. The minimum atomic E-state index is -0.0440. The van der Waals surface area contributed by atoms with Crippen LogP contribution < -0.4 is 0 Å². The maximum Gasteiger partial charge on any atom is 0.120 e. The summed E-state index contributed by atoms with van der Waals surface area (Å²) in [7, 11) is 1.64. The molecule has 2 nitrogen and oxygen atoms in total. The van der Waals surface area contributed by atoms with Crippen LogP contribution in [-0.2, 0) is 11.2 Å². The molecule has 0 heterocycles. The predicted octanol–water partition coefficient (Wildman–Crippen LogP) is 5.93. The standard InChI is InChI=1S/C23H21NOS/c1-17(25-2)23-21-11-7-6-10-20(21)12-13-22(23)26-16-19(15-24)14-18-8-4-3-5-9-18/h3-13,19H,1,14,16H2,2H3. The van der Waals surface area contributed by atoms with Crippen LogP contribution in [0.5, 0.6) is 0 Å². The van der Waals surface area contributed by atoms with Gasteiger partial charge in [-0.3, -0.25) is 0 Å². The molecule has 3 aromatic rings. The van der Waals surface area contributed by atoms with E-state index in [4.69, 9.17) is 4.74 Å². The molecule has 0 saturated heterocycles. The van der Waals surface area contributed by atoms with Crippen LogP contribution in [0.25, 0.3) is 16.5 Å². The number of ether oxygens (including phenoxy) is 1. The van der Waals surface area contributed by atoms with Crippen molar-refractivity contribution in [3.05, 3.63) is 84.4 Å². The molecular weight excluding hydrogens is 338 g/mol. The zero-order chi connectivity index (χ0) is 18.4. The van der Waals surface area contributed by atoms with Gasteiger partial charge in [0.2, 0.25) is 0 Å². The highest BCUT2D eigenvalue weighted by atomic mass is 32.2. The van der Waals surface area contributed by atoms with Crippen molar-refractivity contribution in [2.45, 2.75) is 11.3 Å². The van der Waals surface area contributed by atoms with Gasteiger partial charge in [0.15, 0.2) is 0 Å². The molecule has 0 aliphatic heterocycles. The normalized spacial score (nSPS) is 11.7. The highest BCUT2D eigenvalue weighted by Crippen LogP contribution is 2.35. The molecule has 26 heavy (non-hydrogen) atoms. The van der Waals surface area contributed by atoms with Crippen LogP contribution in [0.1, 0.15) is 11.1 Å². The SMILES string of the molecule is C=C(OC)c1c(SCC(C#N)Cc2ccccc2)ccc2ccccc12. The van der Waals surface area contributed by atoms with Crippen LogP contribution in [0.3, 0.4) is 0 Å². The Hall–Kier alpha value is -2.70. The van der Waals surface area contributed by atoms with Crippen molar-refractivity contribution in [1.29, 1.82) is 5.26 Å². The number of methoxy groups -OCH3 is 1. The summed E-state index contributed by atoms with van der Waals surface area (Å²) < 4.78 is 5.44. The number of thioether (sulfide) groups is 1. The highest BCUT2D eigenvalue weighted by molar-refractivity contribution is 7.99. The molecule has 0 aliphatic rings. The highest BCUT2D eigenvalue weighted by Gasteiger charge is 2.15. The van der Waals surface area contributed by atoms with Crippen LogP contribution in [0.15, 0.2) is 78.2 Å². The fourth-order valence-corrected chi connectivity index (χ4v) is 4.10. The Morgan fingerprint density at radius 2 is 1.81 bits per heavy atom. The second kappa shape index (κ2) is 8.60. The van der Waals surface area contributed by atoms with Gasteiger partial charge in [0, 0.05) is 16.2 Å². The van der Waals surface area contributed by atoms with Gasteiger partial charge < -0.3 is 4.74 Å². The Bertz CT molecular complexity index is 943. The van der Waals surface area contributed by atoms with E-state index >= 15 is 0 Å². The van der Waals surface area contributed by atoms with Crippen LogP contribution >= 0.6 is 11.8 Å². The molecule has 1 unspecified atom stereocenters. The van der Waals surface area contributed by atoms with Gasteiger partial charge in [0.05, 0.1) is 19.1 Å². The summed E-state index contributed by atoms with van der Waals surface area (Å²) in [5.74, 6) is 1.34. The Morgan fingerprint density at radius 1 is 1.08 bits per heavy atom. The second-order valence-electron chi connectivity index (χ2n) is 6.11. The van der Waals surface area contributed by atoms with Gasteiger partial charge in [-0.1, -0.05) is 67.2 Å². The molecule has 0 fully saturated rings. The molecule has 0 aliphatic carbocycles. The van der Waals surface area contributed by atoms with Crippen molar-refractivity contribution < 1.29 is 4.74 Å². The lowest BCUT2D eigenvalue weighted by Gasteiger charge is -2.15. The van der Waals surface area contributed by atoms with Crippen molar-refractivity contribution >= 4 is 28.3 Å². The van der Waals surface area contributed by atoms with E-state index in [2.05, 4.69) is 49.0 Å². The van der Waals surface area contributed by atoms with Crippen molar-refractivity contribution in [2.24, 2.45) is 5.92 Å². The van der Waals surface area contributed by atoms with Gasteiger partial charge in [0.1, 0.15) is 5.76 Å². The van der Waals surface area contributed by atoms with E-state index in [-0.39, 0.29) is 5.92 Å². The predicted molar refractivity (Wildman–Crippen MR) is 110 cm³/mol. The van der Waals surface area contributed by atoms with Gasteiger partial charge in [-0.15, -0.1) is 11.8 Å². The molecule has 3 rings (SSSR count). The number of fused-ring (bicyclic) bond motifs is 1. The summed E-state index contributed by atoms with van der Waals surface area (Å²) in [5.41, 5.74) is 2.21. The Labute approximate surface area is 159 Å². The molecule has 0 amide bonds. The van der Waals surface area contributed by atoms with Gasteiger partial charge in [-0.05, 0) is 28.8 Å². The Balaban J connectivity index is 1.84. The summed E-state index contributed by atoms with van der Waals surface area (Å²) in [6, 6.07) is 25.1. The Kier molecular flexibility index (Phi) is 5.99. The van der Waals surface area contributed by atoms with E-state index < -0.39 is 0 Å². The minimum Gasteiger partial charge on any atom is -0.497 e. The molecule has 0 bridgehead atoms. The summed E-state index contributed by atoms with van der Waals surface area (Å²) in [6.45, 7) is 4.07. The molecule has 0 aromatic heterocycles. The maximum absolute atomic E-state index is 9.56. The number of hydrogen-bond acceptors (Lipinski definition) is 3. The monoisotopic (exact) mass is 359 g/mol. The molecule has 130 valence electrons. The quantitative estimate of drug-likeness (QED) is 0.387. The van der Waals surface area contributed by atoms with E-state index in [1.807, 2.05) is 30.3 Å². The fraction of sp³-hybridized carbons (Fsp3) is 0.174. The van der Waals surface area contributed by atoms with Gasteiger partial charge in [0.25, 0.3) is 0 Å². The zero-order valence-corrected chi connectivity index (χ0v) is 15.6. The van der Waals surface area contributed by atoms with Crippen LogP contribution in [0.2, 0.25) is 0 Å². The van der Waals surface area contributed by atoms with Gasteiger partial charge in [-0.25, -0.2) is 0 Å². The number of benzene rings is 3. The third-order valence-corrected chi connectivity index (χ3v) is 5.58. The molecule has 0 saturated carbocycles. The van der Waals surface area contributed by atoms with E-state index in [1.54, 1.807) is 18.9 Å². The second-order valence-corrected chi connectivity index (χ2v) is 7.18. The van der Waals surface area contributed by atoms with Crippen molar-refractivity contribution in [3.63, 3.8) is 0 Å². The van der Waals surface area contributed by atoms with Crippen LogP contribution in [0, 0.1) is 17.2 Å². The van der Waals surface area contributed by atoms with Crippen LogP contribution in [0.4, 0.5) is 0 Å². The molecule has 0 spiro atoms. The lowest BCUT2D eigenvalue weighted by Crippen LogP contribution is -2.05. The fourth-order valence-electron chi connectivity index (χ4n) is 2.99. The average Bonchev–Trinajstić information content (AvgIpc) is 2.70. The van der Waals surface area contributed by atoms with E-state index in [9.17, 15) is 5.26 Å². The molecule has 1 atom stereocenters. The lowest BCUT2D eigenvalue weighted by molar-refractivity contribution is 0.371. The first-order valence-corrected chi connectivity index (χ1v) is 9.53. The molecule has 3 aromatic carbocycles. The number of nitrogens with zero attached hydrogens (tertiary/aromatic N) is 1. The smallest absolute Gasteiger partial charge is 0.120 e. The summed E-state index contributed by atoms with van der Waals surface area (Å²) in [4.78, 5) is 1.10. The number of hydrogen-bond donors (Lipinski definition) is 0. The number of rotatable bonds is 7. The number of nitriles is 1. The summed E-state index contributed by atoms with van der Waals surface area (Å²) in [6.07, 6.45) is 0.762. The van der Waals surface area contributed by atoms with E-state index in [0.717, 1.165) is 33.4 Å². The third-order valence-electron chi connectivity index (χ3n) is 4.36. The molecule has 0 radical (unpaired) electrons.